The highest BCUT2D eigenvalue weighted by atomic mass is 79.9. The first-order valence-corrected chi connectivity index (χ1v) is 5.70. The Morgan fingerprint density at radius 1 is 1.06 bits per heavy atom. The summed E-state index contributed by atoms with van der Waals surface area (Å²) in [6.07, 6.45) is 0. The van der Waals surface area contributed by atoms with Crippen LogP contribution < -0.4 is 4.74 Å². The number of ether oxygens (including phenoxy) is 1. The number of phenolic OH excluding ortho intramolecular Hbond substituents is 1. The van der Waals surface area contributed by atoms with Gasteiger partial charge in [-0.05, 0) is 18.2 Å². The lowest BCUT2D eigenvalue weighted by atomic mass is 10.2. The van der Waals surface area contributed by atoms with Crippen LogP contribution >= 0.6 is 15.9 Å². The average molecular weight is 279 g/mol. The second-order valence-corrected chi connectivity index (χ2v) is 4.23. The van der Waals surface area contributed by atoms with E-state index in [1.165, 1.54) is 0 Å². The highest BCUT2D eigenvalue weighted by molar-refractivity contribution is 9.10. The summed E-state index contributed by atoms with van der Waals surface area (Å²) in [5.74, 6) is 0.875. The van der Waals surface area contributed by atoms with Crippen LogP contribution in [0, 0.1) is 0 Å². The first-order chi connectivity index (χ1) is 7.75. The molecule has 0 radical (unpaired) electrons. The minimum Gasteiger partial charge on any atom is -0.508 e. The third-order valence-corrected chi connectivity index (χ3v) is 2.94. The Morgan fingerprint density at radius 3 is 2.62 bits per heavy atom. The maximum atomic E-state index is 9.28. The lowest BCUT2D eigenvalue weighted by molar-refractivity contribution is 0.303. The zero-order chi connectivity index (χ0) is 11.4. The smallest absolute Gasteiger partial charge is 0.123 e. The Balaban J connectivity index is 2.05. The third kappa shape index (κ3) is 2.76. The van der Waals surface area contributed by atoms with Gasteiger partial charge >= 0.3 is 0 Å². The topological polar surface area (TPSA) is 29.5 Å². The molecule has 0 spiro atoms. The number of halogens is 1. The van der Waals surface area contributed by atoms with E-state index in [0.717, 1.165) is 10.0 Å². The molecule has 82 valence electrons. The Hall–Kier alpha value is -1.48. The molecule has 0 aliphatic heterocycles. The molecule has 0 saturated heterocycles. The van der Waals surface area contributed by atoms with Crippen LogP contribution in [0.25, 0.3) is 0 Å². The summed E-state index contributed by atoms with van der Waals surface area (Å²) in [4.78, 5) is 0. The van der Waals surface area contributed by atoms with Gasteiger partial charge < -0.3 is 9.84 Å². The van der Waals surface area contributed by atoms with Crippen molar-refractivity contribution in [1.29, 1.82) is 0 Å². The van der Waals surface area contributed by atoms with E-state index in [9.17, 15) is 5.11 Å². The predicted octanol–water partition coefficient (Wildman–Crippen LogP) is 3.73. The zero-order valence-electron chi connectivity index (χ0n) is 8.56. The fourth-order valence-corrected chi connectivity index (χ4v) is 1.75. The van der Waals surface area contributed by atoms with Crippen LogP contribution in [0.4, 0.5) is 0 Å². The summed E-state index contributed by atoms with van der Waals surface area (Å²) >= 11 is 3.45. The second kappa shape index (κ2) is 5.03. The van der Waals surface area contributed by atoms with Gasteiger partial charge in [-0.2, -0.15) is 0 Å². The SMILES string of the molecule is Oc1cccc(OCc2ccccc2Br)c1. The lowest BCUT2D eigenvalue weighted by Crippen LogP contribution is -1.95. The molecule has 1 N–H and O–H groups in total. The zero-order valence-corrected chi connectivity index (χ0v) is 10.1. The van der Waals surface area contributed by atoms with Crippen molar-refractivity contribution in [2.75, 3.05) is 0 Å². The molecule has 0 unspecified atom stereocenters. The van der Waals surface area contributed by atoms with Crippen LogP contribution in [0.15, 0.2) is 53.0 Å². The standard InChI is InChI=1S/C13H11BrO2/c14-13-7-2-1-4-10(13)9-16-12-6-3-5-11(15)8-12/h1-8,15H,9H2. The molecular weight excluding hydrogens is 268 g/mol. The van der Waals surface area contributed by atoms with E-state index in [4.69, 9.17) is 4.74 Å². The quantitative estimate of drug-likeness (QED) is 0.927. The van der Waals surface area contributed by atoms with Gasteiger partial charge in [0.2, 0.25) is 0 Å². The van der Waals surface area contributed by atoms with Crippen molar-refractivity contribution in [2.24, 2.45) is 0 Å². The molecule has 0 aromatic heterocycles. The van der Waals surface area contributed by atoms with E-state index in [-0.39, 0.29) is 5.75 Å². The molecule has 2 nitrogen and oxygen atoms in total. The van der Waals surface area contributed by atoms with Crippen molar-refractivity contribution in [1.82, 2.24) is 0 Å². The monoisotopic (exact) mass is 278 g/mol. The van der Waals surface area contributed by atoms with Crippen LogP contribution in [-0.4, -0.2) is 5.11 Å². The minimum absolute atomic E-state index is 0.213. The highest BCUT2D eigenvalue weighted by Gasteiger charge is 2.00. The molecule has 0 amide bonds. The van der Waals surface area contributed by atoms with Crippen molar-refractivity contribution in [3.05, 3.63) is 58.6 Å². The van der Waals surface area contributed by atoms with Gasteiger partial charge in [0.25, 0.3) is 0 Å². The van der Waals surface area contributed by atoms with Crippen LogP contribution in [-0.2, 0) is 6.61 Å². The predicted molar refractivity (Wildman–Crippen MR) is 66.6 cm³/mol. The fraction of sp³-hybridized carbons (Fsp3) is 0.0769. The van der Waals surface area contributed by atoms with Gasteiger partial charge in [0, 0.05) is 16.1 Å². The average Bonchev–Trinajstić information content (AvgIpc) is 2.28. The first-order valence-electron chi connectivity index (χ1n) is 4.91. The van der Waals surface area contributed by atoms with E-state index in [0.29, 0.717) is 12.4 Å². The normalized spacial score (nSPS) is 10.1. The second-order valence-electron chi connectivity index (χ2n) is 3.38. The number of rotatable bonds is 3. The summed E-state index contributed by atoms with van der Waals surface area (Å²) in [7, 11) is 0. The maximum absolute atomic E-state index is 9.28. The van der Waals surface area contributed by atoms with Crippen molar-refractivity contribution < 1.29 is 9.84 Å². The van der Waals surface area contributed by atoms with Crippen LogP contribution in [0.5, 0.6) is 11.5 Å². The van der Waals surface area contributed by atoms with E-state index in [1.807, 2.05) is 30.3 Å². The first kappa shape index (κ1) is 11.0. The molecule has 3 heteroatoms. The minimum atomic E-state index is 0.213. The molecule has 0 aliphatic rings. The van der Waals surface area contributed by atoms with Gasteiger partial charge in [0.1, 0.15) is 18.1 Å². The number of hydrogen-bond donors (Lipinski definition) is 1. The number of hydrogen-bond acceptors (Lipinski definition) is 2. The molecule has 0 atom stereocenters. The van der Waals surface area contributed by atoms with Gasteiger partial charge in [0.05, 0.1) is 0 Å². The Morgan fingerprint density at radius 2 is 1.88 bits per heavy atom. The third-order valence-electron chi connectivity index (χ3n) is 2.17. The van der Waals surface area contributed by atoms with E-state index in [2.05, 4.69) is 15.9 Å². The highest BCUT2D eigenvalue weighted by Crippen LogP contribution is 2.21. The van der Waals surface area contributed by atoms with E-state index < -0.39 is 0 Å². The van der Waals surface area contributed by atoms with Crippen molar-refractivity contribution in [3.63, 3.8) is 0 Å². The Bertz CT molecular complexity index is 483. The lowest BCUT2D eigenvalue weighted by Gasteiger charge is -2.07. The summed E-state index contributed by atoms with van der Waals surface area (Å²) in [5.41, 5.74) is 1.07. The summed E-state index contributed by atoms with van der Waals surface area (Å²) in [5, 5.41) is 9.28. The molecule has 0 saturated carbocycles. The molecule has 2 rings (SSSR count). The van der Waals surface area contributed by atoms with Crippen LogP contribution in [0.3, 0.4) is 0 Å². The van der Waals surface area contributed by atoms with Gasteiger partial charge in [-0.25, -0.2) is 0 Å². The molecule has 2 aromatic carbocycles. The summed E-state index contributed by atoms with van der Waals surface area (Å²) in [6.45, 7) is 0.477. The van der Waals surface area contributed by atoms with E-state index in [1.54, 1.807) is 18.2 Å². The summed E-state index contributed by atoms with van der Waals surface area (Å²) in [6, 6.07) is 14.7. The largest absolute Gasteiger partial charge is 0.508 e. The number of aromatic hydroxyl groups is 1. The molecule has 0 aliphatic carbocycles. The van der Waals surface area contributed by atoms with Gasteiger partial charge in [0.15, 0.2) is 0 Å². The Labute approximate surface area is 103 Å². The van der Waals surface area contributed by atoms with Crippen molar-refractivity contribution >= 4 is 15.9 Å². The molecule has 0 heterocycles. The van der Waals surface area contributed by atoms with Crippen LogP contribution in [0.2, 0.25) is 0 Å². The van der Waals surface area contributed by atoms with Gasteiger partial charge in [-0.15, -0.1) is 0 Å². The fourth-order valence-electron chi connectivity index (χ4n) is 1.35. The molecular formula is C13H11BrO2. The van der Waals surface area contributed by atoms with Gasteiger partial charge in [-0.1, -0.05) is 40.2 Å². The van der Waals surface area contributed by atoms with Crippen LogP contribution in [0.1, 0.15) is 5.56 Å². The number of benzene rings is 2. The summed E-state index contributed by atoms with van der Waals surface area (Å²) < 4.78 is 6.59. The molecule has 0 fully saturated rings. The maximum Gasteiger partial charge on any atom is 0.123 e. The molecule has 16 heavy (non-hydrogen) atoms. The molecule has 0 bridgehead atoms. The van der Waals surface area contributed by atoms with Crippen molar-refractivity contribution in [2.45, 2.75) is 6.61 Å². The Kier molecular flexibility index (Phi) is 3.47. The van der Waals surface area contributed by atoms with E-state index >= 15 is 0 Å². The molecule has 2 aromatic rings. The van der Waals surface area contributed by atoms with Crippen molar-refractivity contribution in [3.8, 4) is 11.5 Å². The number of phenols is 1. The van der Waals surface area contributed by atoms with Gasteiger partial charge in [-0.3, -0.25) is 0 Å².